The third-order valence-electron chi connectivity index (χ3n) is 7.94. The van der Waals surface area contributed by atoms with E-state index in [1.807, 2.05) is 6.20 Å². The highest BCUT2D eigenvalue weighted by Crippen LogP contribution is 2.37. The minimum atomic E-state index is -0.400. The molecule has 0 atom stereocenters. The maximum Gasteiger partial charge on any atom is 0.229 e. The molecular formula is C30H34ClFN6. The molecule has 4 aromatic rings. The topological polar surface area (TPSA) is 58.0 Å². The van der Waals surface area contributed by atoms with E-state index >= 15 is 0 Å². The maximum absolute atomic E-state index is 13.9. The fourth-order valence-electron chi connectivity index (χ4n) is 5.85. The van der Waals surface area contributed by atoms with Gasteiger partial charge in [0.1, 0.15) is 11.5 Å². The zero-order chi connectivity index (χ0) is 26.1. The average Bonchev–Trinajstić information content (AvgIpc) is 3.29. The lowest BCUT2D eigenvalue weighted by molar-refractivity contribution is 0.264. The summed E-state index contributed by atoms with van der Waals surface area (Å²) in [5.74, 6) is 0.0289. The van der Waals surface area contributed by atoms with Crippen LogP contribution < -0.4 is 10.6 Å². The Labute approximate surface area is 228 Å². The predicted molar refractivity (Wildman–Crippen MR) is 154 cm³/mol. The van der Waals surface area contributed by atoms with Crippen LogP contribution in [0, 0.1) is 5.82 Å². The van der Waals surface area contributed by atoms with Gasteiger partial charge >= 0.3 is 0 Å². The van der Waals surface area contributed by atoms with Crippen molar-refractivity contribution in [2.45, 2.75) is 57.0 Å². The van der Waals surface area contributed by atoms with Gasteiger partial charge in [-0.1, -0.05) is 43.0 Å². The van der Waals surface area contributed by atoms with E-state index < -0.39 is 5.82 Å². The van der Waals surface area contributed by atoms with Crippen molar-refractivity contribution < 1.29 is 4.39 Å². The van der Waals surface area contributed by atoms with Gasteiger partial charge < -0.3 is 20.1 Å². The average molecular weight is 533 g/mol. The normalized spacial score (nSPS) is 17.7. The van der Waals surface area contributed by atoms with E-state index in [1.165, 1.54) is 44.2 Å². The van der Waals surface area contributed by atoms with Crippen LogP contribution in [-0.4, -0.2) is 45.6 Å². The van der Waals surface area contributed by atoms with Gasteiger partial charge in [-0.2, -0.15) is 4.98 Å². The molecule has 38 heavy (non-hydrogen) atoms. The summed E-state index contributed by atoms with van der Waals surface area (Å²) in [5, 5.41) is 8.20. The van der Waals surface area contributed by atoms with Crippen molar-refractivity contribution >= 4 is 40.0 Å². The Bertz CT molecular complexity index is 1380. The minimum Gasteiger partial charge on any atom is -0.382 e. The Morgan fingerprint density at radius 2 is 1.71 bits per heavy atom. The minimum absolute atomic E-state index is 0.329. The number of aromatic nitrogens is 3. The molecule has 0 bridgehead atoms. The highest BCUT2D eigenvalue weighted by Gasteiger charge is 2.22. The third kappa shape index (κ3) is 5.49. The smallest absolute Gasteiger partial charge is 0.229 e. The second-order valence-corrected chi connectivity index (χ2v) is 11.2. The van der Waals surface area contributed by atoms with E-state index in [2.05, 4.69) is 62.6 Å². The molecule has 1 aliphatic heterocycles. The van der Waals surface area contributed by atoms with Gasteiger partial charge in [0.25, 0.3) is 0 Å². The molecular weight excluding hydrogens is 499 g/mol. The second kappa shape index (κ2) is 10.9. The van der Waals surface area contributed by atoms with Crippen LogP contribution in [0.15, 0.2) is 54.9 Å². The summed E-state index contributed by atoms with van der Waals surface area (Å²) in [6.07, 6.45) is 12.5. The number of anilines is 3. The number of nitrogens with zero attached hydrogens (tertiary/aromatic N) is 4. The van der Waals surface area contributed by atoms with Crippen LogP contribution >= 0.6 is 11.6 Å². The third-order valence-corrected chi connectivity index (χ3v) is 8.16. The van der Waals surface area contributed by atoms with Gasteiger partial charge in [0.2, 0.25) is 5.95 Å². The Morgan fingerprint density at radius 3 is 2.45 bits per heavy atom. The summed E-state index contributed by atoms with van der Waals surface area (Å²) in [5.41, 5.74) is 4.88. The summed E-state index contributed by atoms with van der Waals surface area (Å²) in [6.45, 7) is 2.28. The Kier molecular flexibility index (Phi) is 7.22. The maximum atomic E-state index is 13.9. The van der Waals surface area contributed by atoms with Crippen LogP contribution in [0.2, 0.25) is 5.02 Å². The number of fused-ring (bicyclic) bond motifs is 1. The van der Waals surface area contributed by atoms with Gasteiger partial charge in [-0.25, -0.2) is 9.37 Å². The van der Waals surface area contributed by atoms with E-state index in [1.54, 1.807) is 6.07 Å². The fraction of sp³-hybridized carbons (Fsp3) is 0.400. The summed E-state index contributed by atoms with van der Waals surface area (Å²) >= 11 is 6.05. The largest absolute Gasteiger partial charge is 0.382 e. The van der Waals surface area contributed by atoms with E-state index in [4.69, 9.17) is 16.6 Å². The van der Waals surface area contributed by atoms with Crippen LogP contribution in [0.3, 0.4) is 0 Å². The van der Waals surface area contributed by atoms with Gasteiger partial charge in [0.15, 0.2) is 0 Å². The van der Waals surface area contributed by atoms with Crippen molar-refractivity contribution in [2.75, 3.05) is 30.8 Å². The number of piperidine rings is 1. The van der Waals surface area contributed by atoms with E-state index in [-0.39, 0.29) is 0 Å². The second-order valence-electron chi connectivity index (χ2n) is 10.8. The molecule has 2 aliphatic rings. The summed E-state index contributed by atoms with van der Waals surface area (Å²) in [4.78, 5) is 11.9. The molecule has 198 valence electrons. The first-order valence-electron chi connectivity index (χ1n) is 13.7. The number of rotatable bonds is 6. The molecule has 0 amide bonds. The van der Waals surface area contributed by atoms with Gasteiger partial charge in [-0.05, 0) is 81.7 Å². The predicted octanol–water partition coefficient (Wildman–Crippen LogP) is 7.65. The zero-order valence-electron chi connectivity index (χ0n) is 21.8. The molecule has 0 radical (unpaired) electrons. The van der Waals surface area contributed by atoms with Gasteiger partial charge in [0.05, 0.1) is 0 Å². The van der Waals surface area contributed by atoms with Gasteiger partial charge in [-0.3, -0.25) is 0 Å². The lowest BCUT2D eigenvalue weighted by Gasteiger charge is -2.30. The SMILES string of the molecule is CN1CCC(Nc2ccc(-c3cn(C4CCCCC4)c4nc(Nc5cc(F)cc(Cl)c5)ncc34)cc2)CC1. The van der Waals surface area contributed by atoms with E-state index in [9.17, 15) is 4.39 Å². The van der Waals surface area contributed by atoms with Crippen molar-refractivity contribution in [3.8, 4) is 11.1 Å². The van der Waals surface area contributed by atoms with E-state index in [0.29, 0.717) is 28.7 Å². The first kappa shape index (κ1) is 25.1. The van der Waals surface area contributed by atoms with Crippen molar-refractivity contribution in [3.63, 3.8) is 0 Å². The van der Waals surface area contributed by atoms with Crippen molar-refractivity contribution in [2.24, 2.45) is 0 Å². The first-order valence-corrected chi connectivity index (χ1v) is 14.1. The van der Waals surface area contributed by atoms with Crippen molar-refractivity contribution in [3.05, 3.63) is 65.7 Å². The molecule has 2 aromatic heterocycles. The molecule has 1 aliphatic carbocycles. The van der Waals surface area contributed by atoms with Crippen molar-refractivity contribution in [1.82, 2.24) is 19.4 Å². The number of hydrogen-bond donors (Lipinski definition) is 2. The number of hydrogen-bond acceptors (Lipinski definition) is 5. The standard InChI is InChI=1S/C30H34ClFN6/c1-37-13-11-24(12-14-37)34-23-9-7-20(8-10-23)28-19-38(26-5-3-2-4-6-26)29-27(28)18-33-30(36-29)35-25-16-21(31)15-22(32)17-25/h7-10,15-19,24,26,34H,2-6,11-14H2,1H3,(H,33,35,36). The molecule has 2 fully saturated rings. The van der Waals surface area contributed by atoms with Gasteiger partial charge in [-0.15, -0.1) is 0 Å². The van der Waals surface area contributed by atoms with Crippen LogP contribution in [0.5, 0.6) is 0 Å². The summed E-state index contributed by atoms with van der Waals surface area (Å²) in [7, 11) is 2.19. The Hall–Kier alpha value is -3.16. The highest BCUT2D eigenvalue weighted by molar-refractivity contribution is 6.30. The number of nitrogens with one attached hydrogen (secondary N) is 2. The molecule has 8 heteroatoms. The number of likely N-dealkylation sites (tertiary alicyclic amines) is 1. The molecule has 6 rings (SSSR count). The monoisotopic (exact) mass is 532 g/mol. The molecule has 2 N–H and O–H groups in total. The van der Waals surface area contributed by atoms with E-state index in [0.717, 1.165) is 53.8 Å². The first-order chi connectivity index (χ1) is 18.5. The van der Waals surface area contributed by atoms with Crippen LogP contribution in [0.1, 0.15) is 51.0 Å². The van der Waals surface area contributed by atoms with Gasteiger partial charge in [0, 0.05) is 51.8 Å². The molecule has 3 heterocycles. The van der Waals surface area contributed by atoms with Crippen LogP contribution in [-0.2, 0) is 0 Å². The summed E-state index contributed by atoms with van der Waals surface area (Å²) < 4.78 is 16.2. The van der Waals surface area contributed by atoms with Crippen LogP contribution in [0.4, 0.5) is 21.7 Å². The summed E-state index contributed by atoms with van der Waals surface area (Å²) in [6, 6.07) is 14.0. The molecule has 2 aromatic carbocycles. The molecule has 0 spiro atoms. The van der Waals surface area contributed by atoms with Crippen LogP contribution in [0.25, 0.3) is 22.2 Å². The Balaban J connectivity index is 1.31. The lowest BCUT2D eigenvalue weighted by atomic mass is 9.95. The zero-order valence-corrected chi connectivity index (χ0v) is 22.5. The number of halogens is 2. The Morgan fingerprint density at radius 1 is 0.947 bits per heavy atom. The number of benzene rings is 2. The quantitative estimate of drug-likeness (QED) is 0.267. The van der Waals surface area contributed by atoms with Crippen molar-refractivity contribution in [1.29, 1.82) is 0 Å². The fourth-order valence-corrected chi connectivity index (χ4v) is 6.07. The lowest BCUT2D eigenvalue weighted by Crippen LogP contribution is -2.36. The molecule has 0 unspecified atom stereocenters. The molecule has 1 saturated carbocycles. The molecule has 6 nitrogen and oxygen atoms in total. The highest BCUT2D eigenvalue weighted by atomic mass is 35.5. The molecule has 1 saturated heterocycles.